The zero-order chi connectivity index (χ0) is 22.8. The number of hydrogen-bond donors (Lipinski definition) is 1. The lowest BCUT2D eigenvalue weighted by atomic mass is 10.2. The highest BCUT2D eigenvalue weighted by Gasteiger charge is 2.49. The maximum absolute atomic E-state index is 12.4. The summed E-state index contributed by atoms with van der Waals surface area (Å²) in [6, 6.07) is 6.91. The summed E-state index contributed by atoms with van der Waals surface area (Å²) in [7, 11) is -1.57. The highest BCUT2D eigenvalue weighted by molar-refractivity contribution is 8.16. The molecule has 0 bridgehead atoms. The Morgan fingerprint density at radius 3 is 2.52 bits per heavy atom. The fourth-order valence-electron chi connectivity index (χ4n) is 3.36. The van der Waals surface area contributed by atoms with Crippen LogP contribution in [0.3, 0.4) is 0 Å². The number of hydrogen-bond acceptors (Lipinski definition) is 7. The third-order valence-electron chi connectivity index (χ3n) is 4.64. The number of nitrogens with one attached hydrogen (secondary N) is 1. The number of carbonyl (C=O) groups is 2. The van der Waals surface area contributed by atoms with Gasteiger partial charge in [-0.25, -0.2) is 13.2 Å². The highest BCUT2D eigenvalue weighted by atomic mass is 32.2. The van der Waals surface area contributed by atoms with Crippen LogP contribution in [0.2, 0.25) is 0 Å². The number of benzene rings is 1. The van der Waals surface area contributed by atoms with E-state index in [4.69, 9.17) is 9.47 Å². The van der Waals surface area contributed by atoms with Crippen LogP contribution in [0.15, 0.2) is 29.3 Å². The number of methoxy groups -OCH3 is 1. The molecule has 2 amide bonds. The van der Waals surface area contributed by atoms with Crippen LogP contribution in [0.4, 0.5) is 10.5 Å². The molecule has 2 fully saturated rings. The molecular formula is C20H27N3O6S2. The smallest absolute Gasteiger partial charge is 0.407 e. The molecular weight excluding hydrogens is 442 g/mol. The van der Waals surface area contributed by atoms with E-state index in [1.165, 1.54) is 11.8 Å². The topological polar surface area (TPSA) is 114 Å². The number of thioether (sulfide) groups is 1. The van der Waals surface area contributed by atoms with Gasteiger partial charge in [-0.3, -0.25) is 4.79 Å². The van der Waals surface area contributed by atoms with Crippen LogP contribution in [0.5, 0.6) is 5.75 Å². The number of amides is 2. The van der Waals surface area contributed by atoms with Gasteiger partial charge >= 0.3 is 6.09 Å². The summed E-state index contributed by atoms with van der Waals surface area (Å²) < 4.78 is 34.6. The molecule has 0 aliphatic carbocycles. The molecule has 31 heavy (non-hydrogen) atoms. The van der Waals surface area contributed by atoms with Gasteiger partial charge in [0.1, 0.15) is 11.4 Å². The predicted molar refractivity (Wildman–Crippen MR) is 121 cm³/mol. The van der Waals surface area contributed by atoms with E-state index in [2.05, 4.69) is 10.3 Å². The van der Waals surface area contributed by atoms with E-state index in [0.717, 1.165) is 5.69 Å². The number of ether oxygens (including phenoxy) is 2. The van der Waals surface area contributed by atoms with Crippen LogP contribution in [-0.2, 0) is 19.4 Å². The summed E-state index contributed by atoms with van der Waals surface area (Å²) in [6.07, 6.45) is -0.587. The van der Waals surface area contributed by atoms with Crippen LogP contribution in [-0.4, -0.2) is 67.6 Å². The molecule has 3 rings (SSSR count). The maximum Gasteiger partial charge on any atom is 0.407 e. The van der Waals surface area contributed by atoms with Crippen LogP contribution >= 0.6 is 11.8 Å². The Morgan fingerprint density at radius 1 is 1.23 bits per heavy atom. The van der Waals surface area contributed by atoms with E-state index < -0.39 is 27.4 Å². The van der Waals surface area contributed by atoms with Crippen LogP contribution in [0.1, 0.15) is 27.2 Å². The second kappa shape index (κ2) is 9.07. The molecule has 0 saturated carbocycles. The van der Waals surface area contributed by atoms with Crippen molar-refractivity contribution < 1.29 is 27.5 Å². The van der Waals surface area contributed by atoms with Crippen molar-refractivity contribution in [2.45, 2.75) is 44.1 Å². The number of fused-ring (bicyclic) bond motifs is 1. The highest BCUT2D eigenvalue weighted by Crippen LogP contribution is 2.41. The van der Waals surface area contributed by atoms with Crippen molar-refractivity contribution in [3.63, 3.8) is 0 Å². The Morgan fingerprint density at radius 2 is 1.90 bits per heavy atom. The molecule has 2 atom stereocenters. The Bertz CT molecular complexity index is 970. The molecule has 2 unspecified atom stereocenters. The summed E-state index contributed by atoms with van der Waals surface area (Å²) in [5.41, 5.74) is 0.127. The van der Waals surface area contributed by atoms with Crippen molar-refractivity contribution in [3.05, 3.63) is 24.3 Å². The van der Waals surface area contributed by atoms with E-state index in [1.54, 1.807) is 40.0 Å². The van der Waals surface area contributed by atoms with Gasteiger partial charge in [0.05, 0.1) is 24.7 Å². The number of alkyl carbamates (subject to hydrolysis) is 1. The number of carbonyl (C=O) groups excluding carboxylic acids is 2. The summed E-state index contributed by atoms with van der Waals surface area (Å²) in [6.45, 7) is 5.36. The number of aliphatic imine (C=N–C) groups is 1. The number of nitrogens with zero attached hydrogens (tertiary/aromatic N) is 2. The first-order valence-corrected chi connectivity index (χ1v) is 12.6. The first-order chi connectivity index (χ1) is 14.5. The summed E-state index contributed by atoms with van der Waals surface area (Å²) in [5.74, 6) is 0.348. The van der Waals surface area contributed by atoms with Gasteiger partial charge < -0.3 is 19.7 Å². The predicted octanol–water partition coefficient (Wildman–Crippen LogP) is 2.21. The molecule has 11 heteroatoms. The summed E-state index contributed by atoms with van der Waals surface area (Å²) in [4.78, 5) is 30.2. The third kappa shape index (κ3) is 6.13. The van der Waals surface area contributed by atoms with Crippen molar-refractivity contribution in [2.24, 2.45) is 4.99 Å². The van der Waals surface area contributed by atoms with Crippen molar-refractivity contribution in [1.82, 2.24) is 5.32 Å². The third-order valence-corrected chi connectivity index (χ3v) is 7.85. The molecule has 170 valence electrons. The summed E-state index contributed by atoms with van der Waals surface area (Å²) in [5, 5.41) is 2.82. The molecule has 1 aromatic rings. The van der Waals surface area contributed by atoms with E-state index in [0.29, 0.717) is 10.9 Å². The molecule has 1 aromatic carbocycles. The quantitative estimate of drug-likeness (QED) is 0.698. The second-order valence-corrected chi connectivity index (χ2v) is 11.7. The zero-order valence-electron chi connectivity index (χ0n) is 18.0. The number of amidine groups is 1. The fraction of sp³-hybridized carbons (Fsp3) is 0.550. The number of rotatable bonds is 5. The van der Waals surface area contributed by atoms with Crippen LogP contribution in [0.25, 0.3) is 0 Å². The van der Waals surface area contributed by atoms with Gasteiger partial charge in [-0.15, -0.1) is 0 Å². The first-order valence-electron chi connectivity index (χ1n) is 9.86. The number of sulfone groups is 1. The lowest BCUT2D eigenvalue weighted by Crippen LogP contribution is -2.37. The molecule has 2 aliphatic heterocycles. The van der Waals surface area contributed by atoms with Gasteiger partial charge in [-0.2, -0.15) is 4.99 Å². The maximum atomic E-state index is 12.4. The lowest BCUT2D eigenvalue weighted by molar-refractivity contribution is -0.117. The molecule has 2 heterocycles. The first kappa shape index (κ1) is 23.4. The van der Waals surface area contributed by atoms with Crippen molar-refractivity contribution in [1.29, 1.82) is 0 Å². The normalized spacial score (nSPS) is 23.5. The van der Waals surface area contributed by atoms with E-state index in [9.17, 15) is 18.0 Å². The molecule has 0 spiro atoms. The van der Waals surface area contributed by atoms with Crippen LogP contribution in [0, 0.1) is 0 Å². The minimum atomic E-state index is -3.14. The SMILES string of the molecule is COc1ccc(N2C(=NC(=O)CCNC(=O)OC(C)(C)C)SC3CS(=O)(=O)CC32)cc1. The van der Waals surface area contributed by atoms with Gasteiger partial charge in [0, 0.05) is 23.9 Å². The molecule has 2 saturated heterocycles. The van der Waals surface area contributed by atoms with Gasteiger partial charge in [0.25, 0.3) is 0 Å². The van der Waals surface area contributed by atoms with Gasteiger partial charge in [-0.1, -0.05) is 11.8 Å². The Labute approximate surface area is 186 Å². The number of anilines is 1. The van der Waals surface area contributed by atoms with Crippen molar-refractivity contribution in [2.75, 3.05) is 30.1 Å². The van der Waals surface area contributed by atoms with E-state index >= 15 is 0 Å². The fourth-order valence-corrected chi connectivity index (χ4v) is 7.29. The Hall–Kier alpha value is -2.27. The lowest BCUT2D eigenvalue weighted by Gasteiger charge is -2.24. The minimum absolute atomic E-state index is 0.00733. The molecule has 0 aromatic heterocycles. The zero-order valence-corrected chi connectivity index (χ0v) is 19.6. The summed E-state index contributed by atoms with van der Waals surface area (Å²) >= 11 is 1.31. The van der Waals surface area contributed by atoms with Crippen molar-refractivity contribution >= 4 is 44.5 Å². The average Bonchev–Trinajstić information content (AvgIpc) is 3.11. The average molecular weight is 470 g/mol. The van der Waals surface area contributed by atoms with E-state index in [-0.39, 0.29) is 35.8 Å². The largest absolute Gasteiger partial charge is 0.497 e. The second-order valence-electron chi connectivity index (χ2n) is 8.34. The Kier molecular flexibility index (Phi) is 6.85. The van der Waals surface area contributed by atoms with Gasteiger partial charge in [0.15, 0.2) is 15.0 Å². The minimum Gasteiger partial charge on any atom is -0.497 e. The van der Waals surface area contributed by atoms with Crippen molar-refractivity contribution in [3.8, 4) is 5.75 Å². The monoisotopic (exact) mass is 469 g/mol. The molecule has 0 radical (unpaired) electrons. The molecule has 9 nitrogen and oxygen atoms in total. The standard InChI is InChI=1S/C20H27N3O6S2/c1-20(2,3)29-19(25)21-10-9-17(24)22-18-23(13-5-7-14(28-4)8-6-13)15-11-31(26,27)12-16(15)30-18/h5-8,15-16H,9-12H2,1-4H3,(H,21,25). The van der Waals surface area contributed by atoms with Gasteiger partial charge in [-0.05, 0) is 45.0 Å². The van der Waals surface area contributed by atoms with Crippen LogP contribution < -0.4 is 15.0 Å². The van der Waals surface area contributed by atoms with E-state index in [1.807, 2.05) is 17.0 Å². The Balaban J connectivity index is 1.71. The molecule has 2 aliphatic rings. The van der Waals surface area contributed by atoms with Gasteiger partial charge in [0.2, 0.25) is 5.91 Å². The molecule has 1 N–H and O–H groups in total.